The highest BCUT2D eigenvalue weighted by molar-refractivity contribution is 7.91. The first kappa shape index (κ1) is 22.0. The maximum atomic E-state index is 12.5. The molecule has 0 atom stereocenters. The Morgan fingerprint density at radius 2 is 1.67 bits per heavy atom. The van der Waals surface area contributed by atoms with Gasteiger partial charge < -0.3 is 10.2 Å². The average molecular weight is 430 g/mol. The van der Waals surface area contributed by atoms with Gasteiger partial charge in [-0.05, 0) is 50.5 Å². The van der Waals surface area contributed by atoms with Gasteiger partial charge >= 0.3 is 0 Å². The van der Waals surface area contributed by atoms with Crippen molar-refractivity contribution in [2.45, 2.75) is 38.0 Å². The highest BCUT2D eigenvalue weighted by Gasteiger charge is 2.28. The number of hydrogen-bond acceptors (Lipinski definition) is 5. The maximum absolute atomic E-state index is 12.5. The van der Waals surface area contributed by atoms with E-state index in [-0.39, 0.29) is 34.8 Å². The number of hydrogen-bond donors (Lipinski definition) is 1. The Bertz CT molecular complexity index is 994. The van der Waals surface area contributed by atoms with Crippen molar-refractivity contribution in [1.29, 1.82) is 0 Å². The summed E-state index contributed by atoms with van der Waals surface area (Å²) in [6.07, 6.45) is 2.74. The largest absolute Gasteiger partial charge is 0.343 e. The van der Waals surface area contributed by atoms with Crippen molar-refractivity contribution in [3.63, 3.8) is 0 Å². The van der Waals surface area contributed by atoms with Crippen molar-refractivity contribution in [3.05, 3.63) is 53.7 Å². The summed E-state index contributed by atoms with van der Waals surface area (Å²) in [6, 6.07) is 10.3. The van der Waals surface area contributed by atoms with E-state index in [1.807, 2.05) is 19.9 Å². The number of nitrogens with zero attached hydrogens (tertiary/aromatic N) is 2. The second-order valence-corrected chi connectivity index (χ2v) is 9.86. The van der Waals surface area contributed by atoms with E-state index in [9.17, 15) is 18.0 Å². The Morgan fingerprint density at radius 3 is 2.27 bits per heavy atom. The standard InChI is InChI=1S/C22H27N3O4S/c1-16-3-6-19(7-4-16)30(28,29)14-11-21(26)25-12-9-18(10-13-25)22(27)24-20-8-5-17(2)15-23-20/h3-8,15,18H,9-14H2,1-2H3,(H,23,24,27). The van der Waals surface area contributed by atoms with E-state index in [1.165, 1.54) is 0 Å². The molecule has 0 aliphatic carbocycles. The molecule has 2 heterocycles. The number of likely N-dealkylation sites (tertiary alicyclic amines) is 1. The average Bonchev–Trinajstić information content (AvgIpc) is 2.74. The zero-order chi connectivity index (χ0) is 21.7. The summed E-state index contributed by atoms with van der Waals surface area (Å²) in [6.45, 7) is 4.71. The minimum atomic E-state index is -3.49. The van der Waals surface area contributed by atoms with E-state index in [4.69, 9.17) is 0 Å². The predicted molar refractivity (Wildman–Crippen MR) is 115 cm³/mol. The van der Waals surface area contributed by atoms with Crippen molar-refractivity contribution in [1.82, 2.24) is 9.88 Å². The van der Waals surface area contributed by atoms with Gasteiger partial charge in [0.15, 0.2) is 9.84 Å². The lowest BCUT2D eigenvalue weighted by atomic mass is 9.95. The Hall–Kier alpha value is -2.74. The van der Waals surface area contributed by atoms with Crippen LogP contribution < -0.4 is 5.32 Å². The number of amides is 2. The molecule has 1 N–H and O–H groups in total. The maximum Gasteiger partial charge on any atom is 0.228 e. The van der Waals surface area contributed by atoms with Gasteiger partial charge in [0.25, 0.3) is 0 Å². The van der Waals surface area contributed by atoms with Crippen LogP contribution in [0.2, 0.25) is 0 Å². The molecule has 1 aromatic carbocycles. The van der Waals surface area contributed by atoms with E-state index in [0.717, 1.165) is 11.1 Å². The second kappa shape index (κ2) is 9.38. The number of anilines is 1. The molecule has 0 spiro atoms. The van der Waals surface area contributed by atoms with E-state index in [2.05, 4.69) is 10.3 Å². The number of nitrogens with one attached hydrogen (secondary N) is 1. The van der Waals surface area contributed by atoms with Crippen LogP contribution in [-0.2, 0) is 19.4 Å². The normalized spacial score (nSPS) is 15.1. The third-order valence-electron chi connectivity index (χ3n) is 5.35. The van der Waals surface area contributed by atoms with Gasteiger partial charge in [-0.25, -0.2) is 13.4 Å². The van der Waals surface area contributed by atoms with E-state index >= 15 is 0 Å². The minimum absolute atomic E-state index is 0.0552. The highest BCUT2D eigenvalue weighted by atomic mass is 32.2. The molecule has 0 radical (unpaired) electrons. The number of carbonyl (C=O) groups is 2. The molecule has 30 heavy (non-hydrogen) atoms. The Morgan fingerprint density at radius 1 is 1.03 bits per heavy atom. The molecule has 1 aliphatic rings. The van der Waals surface area contributed by atoms with Crippen LogP contribution in [-0.4, -0.2) is 49.0 Å². The Kier molecular flexibility index (Phi) is 6.87. The fourth-order valence-electron chi connectivity index (χ4n) is 3.40. The third-order valence-corrected chi connectivity index (χ3v) is 7.08. The number of sulfone groups is 1. The quantitative estimate of drug-likeness (QED) is 0.762. The molecule has 2 amide bonds. The molecule has 0 saturated carbocycles. The minimum Gasteiger partial charge on any atom is -0.343 e. The molecule has 1 fully saturated rings. The van der Waals surface area contributed by atoms with Crippen LogP contribution in [0.3, 0.4) is 0 Å². The summed E-state index contributed by atoms with van der Waals surface area (Å²) < 4.78 is 24.9. The lowest BCUT2D eigenvalue weighted by Gasteiger charge is -2.31. The monoisotopic (exact) mass is 429 g/mol. The second-order valence-electron chi connectivity index (χ2n) is 7.75. The molecule has 160 valence electrons. The summed E-state index contributed by atoms with van der Waals surface area (Å²) in [5.41, 5.74) is 2.00. The van der Waals surface area contributed by atoms with Crippen molar-refractivity contribution in [3.8, 4) is 0 Å². The summed E-state index contributed by atoms with van der Waals surface area (Å²) in [4.78, 5) is 31.0. The summed E-state index contributed by atoms with van der Waals surface area (Å²) in [5, 5.41) is 2.82. The van der Waals surface area contributed by atoms with Crippen LogP contribution in [0.1, 0.15) is 30.4 Å². The van der Waals surface area contributed by atoms with Crippen molar-refractivity contribution in [2.24, 2.45) is 5.92 Å². The lowest BCUT2D eigenvalue weighted by molar-refractivity contribution is -0.134. The zero-order valence-corrected chi connectivity index (χ0v) is 18.1. The van der Waals surface area contributed by atoms with Crippen molar-refractivity contribution >= 4 is 27.5 Å². The summed E-state index contributed by atoms with van der Waals surface area (Å²) >= 11 is 0. The smallest absolute Gasteiger partial charge is 0.228 e. The number of aromatic nitrogens is 1. The number of aryl methyl sites for hydroxylation is 2. The first-order chi connectivity index (χ1) is 14.2. The van der Waals surface area contributed by atoms with Gasteiger partial charge in [-0.1, -0.05) is 23.8 Å². The Labute approximate surface area is 177 Å². The summed E-state index contributed by atoms with van der Waals surface area (Å²) in [5.74, 6) is -0.169. The molecule has 0 bridgehead atoms. The molecule has 0 unspecified atom stereocenters. The Balaban J connectivity index is 1.47. The number of carbonyl (C=O) groups excluding carboxylic acids is 2. The van der Waals surface area contributed by atoms with Gasteiger partial charge in [0.2, 0.25) is 11.8 Å². The third kappa shape index (κ3) is 5.66. The number of benzene rings is 1. The van der Waals surface area contributed by atoms with Gasteiger partial charge in [-0.3, -0.25) is 9.59 Å². The number of pyridine rings is 1. The van der Waals surface area contributed by atoms with E-state index < -0.39 is 9.84 Å². The van der Waals surface area contributed by atoms with Gasteiger partial charge in [0, 0.05) is 31.6 Å². The van der Waals surface area contributed by atoms with E-state index in [0.29, 0.717) is 31.7 Å². The fraction of sp³-hybridized carbons (Fsp3) is 0.409. The molecule has 8 heteroatoms. The van der Waals surface area contributed by atoms with Crippen LogP contribution in [0.4, 0.5) is 5.82 Å². The SMILES string of the molecule is Cc1ccc(S(=O)(=O)CCC(=O)N2CCC(C(=O)Nc3ccc(C)cn3)CC2)cc1. The van der Waals surface area contributed by atoms with Gasteiger partial charge in [-0.2, -0.15) is 0 Å². The number of rotatable bonds is 6. The van der Waals surface area contributed by atoms with Crippen molar-refractivity contribution < 1.29 is 18.0 Å². The topological polar surface area (TPSA) is 96.4 Å². The van der Waals surface area contributed by atoms with Crippen LogP contribution >= 0.6 is 0 Å². The van der Waals surface area contributed by atoms with Gasteiger partial charge in [0.1, 0.15) is 5.82 Å². The van der Waals surface area contributed by atoms with E-state index in [1.54, 1.807) is 41.4 Å². The fourth-order valence-corrected chi connectivity index (χ4v) is 4.63. The van der Waals surface area contributed by atoms with Crippen molar-refractivity contribution in [2.75, 3.05) is 24.2 Å². The van der Waals surface area contributed by atoms with Gasteiger partial charge in [-0.15, -0.1) is 0 Å². The molecular weight excluding hydrogens is 402 g/mol. The molecular formula is C22H27N3O4S. The van der Waals surface area contributed by atoms with Crippen LogP contribution in [0, 0.1) is 19.8 Å². The zero-order valence-electron chi connectivity index (χ0n) is 17.3. The molecule has 7 nitrogen and oxygen atoms in total. The first-order valence-electron chi connectivity index (χ1n) is 10.1. The first-order valence-corrected chi connectivity index (χ1v) is 11.7. The van der Waals surface area contributed by atoms with Crippen LogP contribution in [0.15, 0.2) is 47.5 Å². The van der Waals surface area contributed by atoms with Gasteiger partial charge in [0.05, 0.1) is 10.6 Å². The molecule has 1 saturated heterocycles. The molecule has 3 rings (SSSR count). The predicted octanol–water partition coefficient (Wildman–Crippen LogP) is 2.74. The summed E-state index contributed by atoms with van der Waals surface area (Å²) in [7, 11) is -3.49. The lowest BCUT2D eigenvalue weighted by Crippen LogP contribution is -2.42. The highest BCUT2D eigenvalue weighted by Crippen LogP contribution is 2.20. The molecule has 1 aromatic heterocycles. The molecule has 2 aromatic rings. The van der Waals surface area contributed by atoms with Crippen LogP contribution in [0.25, 0.3) is 0 Å². The molecule has 1 aliphatic heterocycles. The number of piperidine rings is 1. The van der Waals surface area contributed by atoms with Crippen LogP contribution in [0.5, 0.6) is 0 Å².